The molecule has 2 N–H and O–H groups in total. The summed E-state index contributed by atoms with van der Waals surface area (Å²) in [5, 5.41) is 14.0. The average Bonchev–Trinajstić information content (AvgIpc) is 2.43. The standard InChI is InChI=1S/C14H25N5O/c1-5-11(2)16-13-8-7-12(17-18-13)14(20)15-9-6-10-19(3)4/h7-8,11H,5-6,9-10H2,1-4H3,(H,15,20)(H,16,18). The SMILES string of the molecule is CCC(C)Nc1ccc(C(=O)NCCCN(C)C)nn1. The fourth-order valence-electron chi connectivity index (χ4n) is 1.57. The van der Waals surface area contributed by atoms with E-state index >= 15 is 0 Å². The Morgan fingerprint density at radius 2 is 2.10 bits per heavy atom. The fraction of sp³-hybridized carbons (Fsp3) is 0.643. The molecule has 1 heterocycles. The second kappa shape index (κ2) is 8.47. The minimum atomic E-state index is -0.175. The number of hydrogen-bond donors (Lipinski definition) is 2. The Labute approximate surface area is 121 Å². The van der Waals surface area contributed by atoms with E-state index in [0.29, 0.717) is 24.1 Å². The Bertz CT molecular complexity index is 405. The summed E-state index contributed by atoms with van der Waals surface area (Å²) >= 11 is 0. The molecular formula is C14H25N5O. The van der Waals surface area contributed by atoms with Gasteiger partial charge in [-0.25, -0.2) is 0 Å². The van der Waals surface area contributed by atoms with Crippen molar-refractivity contribution < 1.29 is 4.79 Å². The highest BCUT2D eigenvalue weighted by atomic mass is 16.1. The molecule has 0 bridgehead atoms. The van der Waals surface area contributed by atoms with Crippen molar-refractivity contribution in [3.63, 3.8) is 0 Å². The smallest absolute Gasteiger partial charge is 0.271 e. The summed E-state index contributed by atoms with van der Waals surface area (Å²) in [6.07, 6.45) is 1.93. The maximum Gasteiger partial charge on any atom is 0.271 e. The molecule has 0 aliphatic rings. The maximum absolute atomic E-state index is 11.8. The zero-order chi connectivity index (χ0) is 15.0. The van der Waals surface area contributed by atoms with E-state index in [9.17, 15) is 4.79 Å². The lowest BCUT2D eigenvalue weighted by Gasteiger charge is -2.11. The molecule has 0 aliphatic heterocycles. The molecule has 1 amide bonds. The first kappa shape index (κ1) is 16.4. The van der Waals surface area contributed by atoms with E-state index in [2.05, 4.69) is 39.6 Å². The molecule has 0 saturated carbocycles. The van der Waals surface area contributed by atoms with Crippen molar-refractivity contribution in [3.05, 3.63) is 17.8 Å². The van der Waals surface area contributed by atoms with Gasteiger partial charge in [-0.2, -0.15) is 0 Å². The summed E-state index contributed by atoms with van der Waals surface area (Å²) in [5.41, 5.74) is 0.351. The molecule has 20 heavy (non-hydrogen) atoms. The van der Waals surface area contributed by atoms with E-state index < -0.39 is 0 Å². The van der Waals surface area contributed by atoms with Gasteiger partial charge in [0.25, 0.3) is 5.91 Å². The topological polar surface area (TPSA) is 70.2 Å². The monoisotopic (exact) mass is 279 g/mol. The van der Waals surface area contributed by atoms with E-state index in [1.807, 2.05) is 14.1 Å². The van der Waals surface area contributed by atoms with Crippen LogP contribution < -0.4 is 10.6 Å². The Balaban J connectivity index is 2.41. The molecule has 0 fully saturated rings. The van der Waals surface area contributed by atoms with Gasteiger partial charge in [0.15, 0.2) is 5.69 Å². The largest absolute Gasteiger partial charge is 0.366 e. The zero-order valence-electron chi connectivity index (χ0n) is 12.8. The maximum atomic E-state index is 11.8. The minimum Gasteiger partial charge on any atom is -0.366 e. The molecule has 0 saturated heterocycles. The van der Waals surface area contributed by atoms with Crippen molar-refractivity contribution in [1.82, 2.24) is 20.4 Å². The molecule has 1 aromatic heterocycles. The number of nitrogens with zero attached hydrogens (tertiary/aromatic N) is 3. The molecule has 112 valence electrons. The van der Waals surface area contributed by atoms with Crippen LogP contribution in [0, 0.1) is 0 Å². The molecule has 0 aliphatic carbocycles. The first-order valence-corrected chi connectivity index (χ1v) is 7.06. The molecule has 6 heteroatoms. The van der Waals surface area contributed by atoms with Gasteiger partial charge in [-0.1, -0.05) is 6.92 Å². The van der Waals surface area contributed by atoms with Crippen LogP contribution >= 0.6 is 0 Å². The van der Waals surface area contributed by atoms with Crippen molar-refractivity contribution in [1.29, 1.82) is 0 Å². The summed E-state index contributed by atoms with van der Waals surface area (Å²) in [4.78, 5) is 13.9. The van der Waals surface area contributed by atoms with Crippen molar-refractivity contribution in [3.8, 4) is 0 Å². The van der Waals surface area contributed by atoms with Gasteiger partial charge >= 0.3 is 0 Å². The van der Waals surface area contributed by atoms with Gasteiger partial charge in [0.1, 0.15) is 5.82 Å². The molecule has 1 rings (SSSR count). The molecule has 1 aromatic rings. The second-order valence-electron chi connectivity index (χ2n) is 5.17. The predicted molar refractivity (Wildman–Crippen MR) is 80.9 cm³/mol. The van der Waals surface area contributed by atoms with Gasteiger partial charge in [-0.05, 0) is 52.5 Å². The number of nitrogens with one attached hydrogen (secondary N) is 2. The molecule has 6 nitrogen and oxygen atoms in total. The molecule has 1 atom stereocenters. The Kier molecular flexibility index (Phi) is 6.93. The van der Waals surface area contributed by atoms with Crippen molar-refractivity contribution in [2.24, 2.45) is 0 Å². The van der Waals surface area contributed by atoms with Crippen LogP contribution in [-0.2, 0) is 0 Å². The summed E-state index contributed by atoms with van der Waals surface area (Å²) in [6, 6.07) is 3.82. The van der Waals surface area contributed by atoms with Crippen LogP contribution in [-0.4, -0.2) is 54.2 Å². The number of carbonyl (C=O) groups excluding carboxylic acids is 1. The van der Waals surface area contributed by atoms with E-state index in [0.717, 1.165) is 19.4 Å². The second-order valence-corrected chi connectivity index (χ2v) is 5.17. The molecular weight excluding hydrogens is 254 g/mol. The number of carbonyl (C=O) groups is 1. The van der Waals surface area contributed by atoms with Crippen molar-refractivity contribution in [2.75, 3.05) is 32.5 Å². The van der Waals surface area contributed by atoms with Gasteiger partial charge < -0.3 is 15.5 Å². The highest BCUT2D eigenvalue weighted by molar-refractivity contribution is 5.92. The molecule has 1 unspecified atom stereocenters. The Morgan fingerprint density at radius 1 is 1.35 bits per heavy atom. The third-order valence-corrected chi connectivity index (χ3v) is 2.97. The third-order valence-electron chi connectivity index (χ3n) is 2.97. The van der Waals surface area contributed by atoms with Crippen LogP contribution in [0.5, 0.6) is 0 Å². The lowest BCUT2D eigenvalue weighted by Crippen LogP contribution is -2.28. The van der Waals surface area contributed by atoms with Crippen LogP contribution in [0.4, 0.5) is 5.82 Å². The van der Waals surface area contributed by atoms with Gasteiger partial charge in [0.2, 0.25) is 0 Å². The minimum absolute atomic E-state index is 0.175. The van der Waals surface area contributed by atoms with Crippen LogP contribution in [0.1, 0.15) is 37.2 Å². The van der Waals surface area contributed by atoms with Crippen LogP contribution in [0.2, 0.25) is 0 Å². The summed E-state index contributed by atoms with van der Waals surface area (Å²) in [6.45, 7) is 5.77. The van der Waals surface area contributed by atoms with Gasteiger partial charge in [0.05, 0.1) is 0 Å². The molecule has 0 aromatic carbocycles. The number of rotatable bonds is 8. The van der Waals surface area contributed by atoms with Crippen molar-refractivity contribution in [2.45, 2.75) is 32.7 Å². The summed E-state index contributed by atoms with van der Waals surface area (Å²) < 4.78 is 0. The van der Waals surface area contributed by atoms with E-state index in [1.165, 1.54) is 0 Å². The number of amides is 1. The lowest BCUT2D eigenvalue weighted by molar-refractivity contribution is 0.0946. The van der Waals surface area contributed by atoms with E-state index in [1.54, 1.807) is 12.1 Å². The van der Waals surface area contributed by atoms with E-state index in [-0.39, 0.29) is 5.91 Å². The average molecular weight is 279 g/mol. The van der Waals surface area contributed by atoms with Crippen LogP contribution in [0.3, 0.4) is 0 Å². The molecule has 0 radical (unpaired) electrons. The zero-order valence-corrected chi connectivity index (χ0v) is 12.8. The summed E-state index contributed by atoms with van der Waals surface area (Å²) in [5.74, 6) is 0.523. The molecule has 0 spiro atoms. The fourth-order valence-corrected chi connectivity index (χ4v) is 1.57. The third kappa shape index (κ3) is 5.97. The van der Waals surface area contributed by atoms with Gasteiger partial charge in [-0.15, -0.1) is 10.2 Å². The Hall–Kier alpha value is -1.69. The normalized spacial score (nSPS) is 12.2. The van der Waals surface area contributed by atoms with Crippen molar-refractivity contribution >= 4 is 11.7 Å². The quantitative estimate of drug-likeness (QED) is 0.703. The first-order chi connectivity index (χ1) is 9.52. The lowest BCUT2D eigenvalue weighted by atomic mass is 10.2. The first-order valence-electron chi connectivity index (χ1n) is 7.06. The van der Waals surface area contributed by atoms with Gasteiger partial charge in [0, 0.05) is 12.6 Å². The number of aromatic nitrogens is 2. The number of anilines is 1. The Morgan fingerprint density at radius 3 is 2.65 bits per heavy atom. The summed E-state index contributed by atoms with van der Waals surface area (Å²) in [7, 11) is 4.02. The van der Waals surface area contributed by atoms with Crippen LogP contribution in [0.15, 0.2) is 12.1 Å². The van der Waals surface area contributed by atoms with E-state index in [4.69, 9.17) is 0 Å². The predicted octanol–water partition coefficient (Wildman–Crippen LogP) is 1.37. The van der Waals surface area contributed by atoms with Gasteiger partial charge in [-0.3, -0.25) is 4.79 Å². The van der Waals surface area contributed by atoms with Crippen LogP contribution in [0.25, 0.3) is 0 Å². The number of hydrogen-bond acceptors (Lipinski definition) is 5. The highest BCUT2D eigenvalue weighted by Crippen LogP contribution is 2.05. The highest BCUT2D eigenvalue weighted by Gasteiger charge is 2.08.